The Labute approximate surface area is 309 Å². The maximum absolute atomic E-state index is 6.74. The number of aromatic nitrogens is 1. The van der Waals surface area contributed by atoms with Gasteiger partial charge in [0.15, 0.2) is 0 Å². The van der Waals surface area contributed by atoms with Crippen LogP contribution in [0.4, 0.5) is 17.1 Å². The summed E-state index contributed by atoms with van der Waals surface area (Å²) in [6, 6.07) is 53.3. The van der Waals surface area contributed by atoms with Gasteiger partial charge >= 0.3 is 0 Å². The predicted octanol–water partition coefficient (Wildman–Crippen LogP) is 13.4. The Morgan fingerprint density at radius 2 is 1.30 bits per heavy atom. The van der Waals surface area contributed by atoms with Gasteiger partial charge in [0.25, 0.3) is 0 Å². The number of ether oxygens (including phenoxy) is 1. The third-order valence-electron chi connectivity index (χ3n) is 11.3. The number of allylic oxidation sites excluding steroid dienone is 5. The summed E-state index contributed by atoms with van der Waals surface area (Å²) in [6.45, 7) is 0. The number of para-hydroxylation sites is 1. The van der Waals surface area contributed by atoms with Crippen LogP contribution in [0.3, 0.4) is 0 Å². The van der Waals surface area contributed by atoms with Gasteiger partial charge in [-0.2, -0.15) is 0 Å². The fraction of sp³-hybridized carbons (Fsp3) is 0.0800. The maximum Gasteiger partial charge on any atom is 0.138 e. The number of benzene rings is 7. The van der Waals surface area contributed by atoms with Crippen molar-refractivity contribution in [2.45, 2.75) is 25.2 Å². The molecule has 252 valence electrons. The summed E-state index contributed by atoms with van der Waals surface area (Å²) in [7, 11) is 0. The molecular formula is C50H36N2O. The first-order valence-corrected chi connectivity index (χ1v) is 18.7. The molecule has 0 saturated carbocycles. The number of nitrogens with zero attached hydrogens (tertiary/aromatic N) is 2. The summed E-state index contributed by atoms with van der Waals surface area (Å²) in [5, 5.41) is 6.25. The first-order chi connectivity index (χ1) is 26.3. The molecule has 1 aromatic heterocycles. The van der Waals surface area contributed by atoms with Crippen LogP contribution in [0, 0.1) is 0 Å². The van der Waals surface area contributed by atoms with Crippen molar-refractivity contribution in [1.29, 1.82) is 0 Å². The van der Waals surface area contributed by atoms with E-state index in [1.165, 1.54) is 55.0 Å². The van der Waals surface area contributed by atoms with E-state index in [1.54, 1.807) is 0 Å². The van der Waals surface area contributed by atoms with Crippen molar-refractivity contribution in [2.24, 2.45) is 0 Å². The van der Waals surface area contributed by atoms with Crippen molar-refractivity contribution in [3.63, 3.8) is 0 Å². The predicted molar refractivity (Wildman–Crippen MR) is 221 cm³/mol. The molecule has 0 bridgehead atoms. The van der Waals surface area contributed by atoms with Gasteiger partial charge in [-0.25, -0.2) is 0 Å². The molecule has 1 aliphatic heterocycles. The van der Waals surface area contributed by atoms with Gasteiger partial charge in [-0.1, -0.05) is 109 Å². The van der Waals surface area contributed by atoms with Gasteiger partial charge in [-0.15, -0.1) is 0 Å². The van der Waals surface area contributed by atoms with Crippen LogP contribution in [0.25, 0.3) is 55.3 Å². The normalized spacial score (nSPS) is 15.6. The highest BCUT2D eigenvalue weighted by Crippen LogP contribution is 2.51. The van der Waals surface area contributed by atoms with Crippen molar-refractivity contribution < 1.29 is 4.74 Å². The van der Waals surface area contributed by atoms with Crippen molar-refractivity contribution in [3.05, 3.63) is 192 Å². The van der Waals surface area contributed by atoms with E-state index in [1.807, 2.05) is 0 Å². The highest BCUT2D eigenvalue weighted by molar-refractivity contribution is 5.94. The smallest absolute Gasteiger partial charge is 0.138 e. The zero-order valence-corrected chi connectivity index (χ0v) is 29.2. The van der Waals surface area contributed by atoms with E-state index >= 15 is 0 Å². The number of fused-ring (bicyclic) bond motifs is 8. The lowest BCUT2D eigenvalue weighted by atomic mass is 9.89. The van der Waals surface area contributed by atoms with Gasteiger partial charge < -0.3 is 14.2 Å². The van der Waals surface area contributed by atoms with Gasteiger partial charge in [0.1, 0.15) is 11.5 Å². The second-order valence-corrected chi connectivity index (χ2v) is 14.4. The van der Waals surface area contributed by atoms with E-state index in [0.29, 0.717) is 0 Å². The summed E-state index contributed by atoms with van der Waals surface area (Å²) in [6.07, 6.45) is 14.2. The van der Waals surface area contributed by atoms with Crippen LogP contribution < -0.4 is 9.64 Å². The van der Waals surface area contributed by atoms with Crippen LogP contribution in [0.5, 0.6) is 5.75 Å². The molecule has 0 spiro atoms. The number of rotatable bonds is 5. The van der Waals surface area contributed by atoms with E-state index in [9.17, 15) is 0 Å². The van der Waals surface area contributed by atoms with Gasteiger partial charge in [0, 0.05) is 50.9 Å². The topological polar surface area (TPSA) is 17.4 Å². The molecule has 0 radical (unpaired) electrons. The maximum atomic E-state index is 6.74. The molecule has 2 heterocycles. The Morgan fingerprint density at radius 3 is 2.06 bits per heavy atom. The van der Waals surface area contributed by atoms with Gasteiger partial charge in [-0.3, -0.25) is 0 Å². The van der Waals surface area contributed by atoms with Gasteiger partial charge in [0.05, 0.1) is 5.52 Å². The van der Waals surface area contributed by atoms with Crippen LogP contribution in [0.1, 0.15) is 35.6 Å². The van der Waals surface area contributed by atoms with Gasteiger partial charge in [-0.05, 0) is 119 Å². The monoisotopic (exact) mass is 680 g/mol. The largest absolute Gasteiger partial charge is 0.460 e. The van der Waals surface area contributed by atoms with Crippen molar-refractivity contribution in [2.75, 3.05) is 4.90 Å². The third kappa shape index (κ3) is 4.88. The van der Waals surface area contributed by atoms with Crippen molar-refractivity contribution in [1.82, 2.24) is 4.57 Å². The Hall–Kier alpha value is -6.58. The molecule has 0 saturated heterocycles. The Morgan fingerprint density at radius 1 is 0.623 bits per heavy atom. The molecule has 2 aliphatic carbocycles. The lowest BCUT2D eigenvalue weighted by molar-refractivity contribution is 0.426. The molecule has 1 unspecified atom stereocenters. The summed E-state index contributed by atoms with van der Waals surface area (Å²) in [5.74, 6) is 2.23. The second-order valence-electron chi connectivity index (χ2n) is 14.4. The van der Waals surface area contributed by atoms with E-state index in [4.69, 9.17) is 4.74 Å². The average molecular weight is 681 g/mol. The molecule has 3 aliphatic rings. The summed E-state index contributed by atoms with van der Waals surface area (Å²) in [5.41, 5.74) is 12.0. The zero-order valence-electron chi connectivity index (χ0n) is 29.2. The summed E-state index contributed by atoms with van der Waals surface area (Å²) >= 11 is 0. The highest BCUT2D eigenvalue weighted by atomic mass is 16.5. The van der Waals surface area contributed by atoms with E-state index in [0.717, 1.165) is 59.0 Å². The minimum atomic E-state index is 0.220. The standard InChI is InChI=1S/C50H36N2O/c1-3-13-36-29-39(27-21-33(36)11-1)51(40-28-22-34-12-2-4-14-37(34)30-40)38-25-23-35(24-26-38)45-31-41(32-46-44-17-7-10-20-49(44)53-50(45)46)52-47-18-8-5-15-42(47)43-16-6-9-19-48(43)52/h1-5,7-15,18-32,44H,6,16-17H2. The fourth-order valence-corrected chi connectivity index (χ4v) is 8.80. The molecular weight excluding hydrogens is 645 g/mol. The SMILES string of the molecule is C1=CCC2C(=C1)Oc1c(-c3ccc(N(c4ccc5ccccc5c4)c4ccc5ccccc5c4)cc3)cc(-n3c4c(c5ccccc53)CCC=C4)cc12. The number of anilines is 3. The molecule has 3 nitrogen and oxygen atoms in total. The highest BCUT2D eigenvalue weighted by Gasteiger charge is 2.33. The first kappa shape index (κ1) is 30.1. The third-order valence-corrected chi connectivity index (χ3v) is 11.3. The number of aryl methyl sites for hydroxylation is 1. The Kier molecular flexibility index (Phi) is 6.81. The molecule has 11 rings (SSSR count). The van der Waals surface area contributed by atoms with E-state index < -0.39 is 0 Å². The first-order valence-electron chi connectivity index (χ1n) is 18.7. The van der Waals surface area contributed by atoms with Crippen LogP contribution in [-0.2, 0) is 6.42 Å². The lowest BCUT2D eigenvalue weighted by Gasteiger charge is -2.26. The molecule has 8 aromatic rings. The lowest BCUT2D eigenvalue weighted by Crippen LogP contribution is -2.10. The van der Waals surface area contributed by atoms with E-state index in [-0.39, 0.29) is 5.92 Å². The van der Waals surface area contributed by atoms with Crippen LogP contribution in [-0.4, -0.2) is 4.57 Å². The van der Waals surface area contributed by atoms with Crippen LogP contribution in [0.15, 0.2) is 176 Å². The minimum absolute atomic E-state index is 0.220. The molecule has 3 heteroatoms. The van der Waals surface area contributed by atoms with Crippen LogP contribution >= 0.6 is 0 Å². The summed E-state index contributed by atoms with van der Waals surface area (Å²) in [4.78, 5) is 2.37. The molecule has 7 aromatic carbocycles. The second kappa shape index (κ2) is 12.0. The van der Waals surface area contributed by atoms with Crippen molar-refractivity contribution in [3.8, 4) is 22.6 Å². The molecule has 1 atom stereocenters. The Bertz CT molecular complexity index is 2770. The molecule has 0 fully saturated rings. The van der Waals surface area contributed by atoms with E-state index in [2.05, 4.69) is 185 Å². The van der Waals surface area contributed by atoms with Crippen LogP contribution in [0.2, 0.25) is 0 Å². The van der Waals surface area contributed by atoms with Gasteiger partial charge in [0.2, 0.25) is 0 Å². The fourth-order valence-electron chi connectivity index (χ4n) is 8.80. The number of hydrogen-bond donors (Lipinski definition) is 0. The molecule has 53 heavy (non-hydrogen) atoms. The number of hydrogen-bond acceptors (Lipinski definition) is 2. The molecule has 0 amide bonds. The van der Waals surface area contributed by atoms with Crippen molar-refractivity contribution >= 4 is 55.6 Å². The molecule has 0 N–H and O–H groups in total. The summed E-state index contributed by atoms with van der Waals surface area (Å²) < 4.78 is 9.22. The minimum Gasteiger partial charge on any atom is -0.460 e. The zero-order chi connectivity index (χ0) is 34.9. The Balaban J connectivity index is 1.08. The average Bonchev–Trinajstić information content (AvgIpc) is 3.77. The quantitative estimate of drug-likeness (QED) is 0.180.